The van der Waals surface area contributed by atoms with Crippen LogP contribution in [0.5, 0.6) is 0 Å². The van der Waals surface area contributed by atoms with Gasteiger partial charge < -0.3 is 14.6 Å². The van der Waals surface area contributed by atoms with Gasteiger partial charge in [0.2, 0.25) is 0 Å². The van der Waals surface area contributed by atoms with Gasteiger partial charge in [0.05, 0.1) is 6.10 Å². The molecule has 0 bridgehead atoms. The van der Waals surface area contributed by atoms with Gasteiger partial charge in [-0.05, 0) is 31.2 Å². The molecular formula is C16H16N2O6. The van der Waals surface area contributed by atoms with Crippen LogP contribution in [0.2, 0.25) is 0 Å². The van der Waals surface area contributed by atoms with Crippen molar-refractivity contribution in [3.05, 3.63) is 56.9 Å². The minimum Gasteiger partial charge on any atom is -0.386 e. The van der Waals surface area contributed by atoms with E-state index < -0.39 is 41.4 Å². The largest absolute Gasteiger partial charge is 0.386 e. The minimum atomic E-state index is -1.07. The molecule has 8 nitrogen and oxygen atoms in total. The maximum absolute atomic E-state index is 12.0. The van der Waals surface area contributed by atoms with E-state index in [1.54, 1.807) is 19.1 Å². The zero-order valence-electron chi connectivity index (χ0n) is 12.8. The average molecular weight is 332 g/mol. The molecule has 0 aromatic carbocycles. The number of carbonyl (C=O) groups excluding carboxylic acids is 1. The van der Waals surface area contributed by atoms with Gasteiger partial charge in [0.25, 0.3) is 5.56 Å². The number of hydrogen-bond acceptors (Lipinski definition) is 6. The second kappa shape index (κ2) is 5.10. The van der Waals surface area contributed by atoms with Crippen LogP contribution in [0.15, 0.2) is 40.1 Å². The van der Waals surface area contributed by atoms with Gasteiger partial charge in [-0.3, -0.25) is 19.1 Å². The summed E-state index contributed by atoms with van der Waals surface area (Å²) >= 11 is 0. The van der Waals surface area contributed by atoms with Gasteiger partial charge >= 0.3 is 5.69 Å². The second-order valence-electron chi connectivity index (χ2n) is 6.34. The SMILES string of the molecule is Cc1cn([C@@H]2O[C@@H]3CC4(C=CC(=O)C=C4)O[C@@H]3[C@H]2O)c(=O)[nH]c1=O. The lowest BCUT2D eigenvalue weighted by Gasteiger charge is -2.27. The summed E-state index contributed by atoms with van der Waals surface area (Å²) in [5.74, 6) is -0.115. The van der Waals surface area contributed by atoms with Crippen molar-refractivity contribution in [2.24, 2.45) is 0 Å². The lowest BCUT2D eigenvalue weighted by atomic mass is 9.93. The fourth-order valence-corrected chi connectivity index (χ4v) is 3.42. The molecule has 4 atom stereocenters. The zero-order chi connectivity index (χ0) is 17.1. The van der Waals surface area contributed by atoms with Crippen molar-refractivity contribution in [3.8, 4) is 0 Å². The Kier molecular flexibility index (Phi) is 3.24. The van der Waals surface area contributed by atoms with Crippen LogP contribution in [0.3, 0.4) is 0 Å². The van der Waals surface area contributed by atoms with E-state index in [9.17, 15) is 19.5 Å². The van der Waals surface area contributed by atoms with E-state index in [-0.39, 0.29) is 5.78 Å². The normalized spacial score (nSPS) is 33.3. The predicted molar refractivity (Wildman–Crippen MR) is 81.5 cm³/mol. The summed E-state index contributed by atoms with van der Waals surface area (Å²) in [4.78, 5) is 36.9. The van der Waals surface area contributed by atoms with Crippen LogP contribution in [-0.4, -0.2) is 44.4 Å². The molecule has 2 saturated heterocycles. The molecule has 0 radical (unpaired) electrons. The highest BCUT2D eigenvalue weighted by Gasteiger charge is 2.55. The molecule has 8 heteroatoms. The predicted octanol–water partition coefficient (Wildman–Crippen LogP) is -0.674. The van der Waals surface area contributed by atoms with Crippen LogP contribution < -0.4 is 11.2 Å². The smallest absolute Gasteiger partial charge is 0.330 e. The summed E-state index contributed by atoms with van der Waals surface area (Å²) in [6, 6.07) is 0. The lowest BCUT2D eigenvalue weighted by Crippen LogP contribution is -2.40. The van der Waals surface area contributed by atoms with Crippen molar-refractivity contribution in [2.45, 2.75) is 43.5 Å². The molecule has 2 fully saturated rings. The number of ketones is 1. The Bertz CT molecular complexity index is 863. The monoisotopic (exact) mass is 332 g/mol. The number of rotatable bonds is 1. The highest BCUT2D eigenvalue weighted by molar-refractivity contribution is 6.00. The molecule has 1 aromatic rings. The van der Waals surface area contributed by atoms with Crippen LogP contribution in [0.4, 0.5) is 0 Å². The number of aromatic nitrogens is 2. The molecule has 1 aliphatic carbocycles. The first-order valence-corrected chi connectivity index (χ1v) is 7.64. The summed E-state index contributed by atoms with van der Waals surface area (Å²) in [7, 11) is 0. The number of fused-ring (bicyclic) bond motifs is 1. The van der Waals surface area contributed by atoms with Crippen LogP contribution in [-0.2, 0) is 14.3 Å². The average Bonchev–Trinajstić information content (AvgIpc) is 3.03. The molecule has 1 aromatic heterocycles. The number of aliphatic hydroxyl groups excluding tert-OH is 1. The van der Waals surface area contributed by atoms with E-state index in [0.717, 1.165) is 0 Å². The standard InChI is InChI=1S/C16H16N2O6/c1-8-7-18(15(22)17-13(8)21)14-11(20)12-10(23-14)6-16(24-12)4-2-9(19)3-5-16/h2-5,7,10-12,14,20H,6H2,1H3,(H,17,21,22)/t10-,11-,12+,14-/m1/s1. The molecule has 126 valence electrons. The van der Waals surface area contributed by atoms with E-state index in [4.69, 9.17) is 9.47 Å². The number of H-pyrrole nitrogens is 1. The van der Waals surface area contributed by atoms with Gasteiger partial charge in [0.15, 0.2) is 12.0 Å². The van der Waals surface area contributed by atoms with E-state index in [1.165, 1.54) is 22.9 Å². The number of hydrogen-bond donors (Lipinski definition) is 2. The molecule has 0 unspecified atom stereocenters. The first kappa shape index (κ1) is 15.3. The van der Waals surface area contributed by atoms with E-state index in [2.05, 4.69) is 4.98 Å². The Morgan fingerprint density at radius 2 is 2.00 bits per heavy atom. The molecule has 4 rings (SSSR count). The number of allylic oxidation sites excluding steroid dienone is 2. The van der Waals surface area contributed by atoms with Crippen molar-refractivity contribution < 1.29 is 19.4 Å². The lowest BCUT2D eigenvalue weighted by molar-refractivity contribution is -0.111. The Morgan fingerprint density at radius 3 is 2.67 bits per heavy atom. The first-order valence-electron chi connectivity index (χ1n) is 7.64. The Hall–Kier alpha value is -2.29. The van der Waals surface area contributed by atoms with Crippen LogP contribution in [0.1, 0.15) is 18.2 Å². The maximum atomic E-state index is 12.0. The minimum absolute atomic E-state index is 0.115. The molecule has 3 aliphatic rings. The molecule has 0 saturated carbocycles. The van der Waals surface area contributed by atoms with Crippen LogP contribution in [0, 0.1) is 6.92 Å². The van der Waals surface area contributed by atoms with Gasteiger partial charge in [-0.25, -0.2) is 4.79 Å². The molecule has 2 aliphatic heterocycles. The van der Waals surface area contributed by atoms with Crippen molar-refractivity contribution in [2.75, 3.05) is 0 Å². The van der Waals surface area contributed by atoms with Crippen LogP contribution in [0.25, 0.3) is 0 Å². The number of aromatic amines is 1. The molecule has 24 heavy (non-hydrogen) atoms. The molecule has 2 N–H and O–H groups in total. The number of ether oxygens (including phenoxy) is 2. The van der Waals surface area contributed by atoms with Gasteiger partial charge in [0, 0.05) is 18.2 Å². The summed E-state index contributed by atoms with van der Waals surface area (Å²) in [5.41, 5.74) is -1.54. The van der Waals surface area contributed by atoms with Crippen molar-refractivity contribution >= 4 is 5.78 Å². The Labute approximate surface area is 136 Å². The third-order valence-electron chi connectivity index (χ3n) is 4.66. The number of aryl methyl sites for hydroxylation is 1. The molecule has 0 amide bonds. The Morgan fingerprint density at radius 1 is 1.29 bits per heavy atom. The van der Waals surface area contributed by atoms with Crippen molar-refractivity contribution in [3.63, 3.8) is 0 Å². The fraction of sp³-hybridized carbons (Fsp3) is 0.438. The summed E-state index contributed by atoms with van der Waals surface area (Å²) < 4.78 is 12.9. The highest BCUT2D eigenvalue weighted by atomic mass is 16.6. The molecule has 1 spiro atoms. The highest BCUT2D eigenvalue weighted by Crippen LogP contribution is 2.44. The van der Waals surface area contributed by atoms with Crippen LogP contribution >= 0.6 is 0 Å². The summed E-state index contributed by atoms with van der Waals surface area (Å²) in [5, 5.41) is 10.5. The van der Waals surface area contributed by atoms with Gasteiger partial charge in [-0.15, -0.1) is 0 Å². The Balaban J connectivity index is 1.61. The summed E-state index contributed by atoms with van der Waals surface area (Å²) in [6.07, 6.45) is 4.93. The first-order chi connectivity index (χ1) is 11.4. The van der Waals surface area contributed by atoms with Crippen molar-refractivity contribution in [1.82, 2.24) is 9.55 Å². The third kappa shape index (κ3) is 2.22. The maximum Gasteiger partial charge on any atom is 0.330 e. The molecule has 3 heterocycles. The second-order valence-corrected chi connectivity index (χ2v) is 6.34. The van der Waals surface area contributed by atoms with Crippen molar-refractivity contribution in [1.29, 1.82) is 0 Å². The summed E-state index contributed by atoms with van der Waals surface area (Å²) in [6.45, 7) is 1.57. The molecular weight excluding hydrogens is 316 g/mol. The van der Waals surface area contributed by atoms with E-state index >= 15 is 0 Å². The number of nitrogens with one attached hydrogen (secondary N) is 1. The third-order valence-corrected chi connectivity index (χ3v) is 4.66. The van der Waals surface area contributed by atoms with Gasteiger partial charge in [-0.1, -0.05) is 0 Å². The number of nitrogens with zero attached hydrogens (tertiary/aromatic N) is 1. The number of aliphatic hydroxyl groups is 1. The fourth-order valence-electron chi connectivity index (χ4n) is 3.42. The zero-order valence-corrected chi connectivity index (χ0v) is 12.8. The number of carbonyl (C=O) groups is 1. The topological polar surface area (TPSA) is 111 Å². The van der Waals surface area contributed by atoms with E-state index in [0.29, 0.717) is 12.0 Å². The van der Waals surface area contributed by atoms with Gasteiger partial charge in [-0.2, -0.15) is 0 Å². The quantitative estimate of drug-likeness (QED) is 0.705. The van der Waals surface area contributed by atoms with E-state index in [1.807, 2.05) is 0 Å². The van der Waals surface area contributed by atoms with Gasteiger partial charge in [0.1, 0.15) is 17.8 Å².